The lowest BCUT2D eigenvalue weighted by molar-refractivity contribution is -0.384. The Labute approximate surface area is 139 Å². The van der Waals surface area contributed by atoms with Gasteiger partial charge in [-0.3, -0.25) is 14.9 Å². The molecular formula is C17H17N3O4. The van der Waals surface area contributed by atoms with Crippen LogP contribution in [0, 0.1) is 24.0 Å². The summed E-state index contributed by atoms with van der Waals surface area (Å²) in [6.45, 7) is 3.71. The monoisotopic (exact) mass is 327 g/mol. The molecule has 2 rings (SSSR count). The highest BCUT2D eigenvalue weighted by atomic mass is 16.6. The summed E-state index contributed by atoms with van der Waals surface area (Å²) in [4.78, 5) is 21.9. The maximum atomic E-state index is 11.7. The van der Waals surface area contributed by atoms with Crippen LogP contribution in [-0.4, -0.2) is 23.7 Å². The van der Waals surface area contributed by atoms with Crippen molar-refractivity contribution in [2.75, 3.05) is 6.61 Å². The van der Waals surface area contributed by atoms with Gasteiger partial charge in [-0.05, 0) is 31.0 Å². The third kappa shape index (κ3) is 4.64. The van der Waals surface area contributed by atoms with E-state index >= 15 is 0 Å². The summed E-state index contributed by atoms with van der Waals surface area (Å²) in [5.74, 6) is 0.227. The Morgan fingerprint density at radius 1 is 1.29 bits per heavy atom. The Kier molecular flexibility index (Phi) is 5.62. The largest absolute Gasteiger partial charge is 0.483 e. The van der Waals surface area contributed by atoms with E-state index in [1.54, 1.807) is 18.2 Å². The molecule has 0 spiro atoms. The zero-order chi connectivity index (χ0) is 17.5. The van der Waals surface area contributed by atoms with E-state index < -0.39 is 10.8 Å². The number of amides is 1. The molecule has 2 aromatic carbocycles. The van der Waals surface area contributed by atoms with Gasteiger partial charge in [0.1, 0.15) is 5.75 Å². The number of nitro groups is 1. The number of rotatable bonds is 6. The fraction of sp³-hybridized carbons (Fsp3) is 0.176. The highest BCUT2D eigenvalue weighted by Gasteiger charge is 2.06. The minimum Gasteiger partial charge on any atom is -0.483 e. The number of ether oxygens (including phenoxy) is 1. The molecule has 0 aliphatic rings. The molecule has 0 aliphatic carbocycles. The summed E-state index contributed by atoms with van der Waals surface area (Å²) in [7, 11) is 0. The molecule has 0 heterocycles. The Hall–Kier alpha value is -3.22. The lowest BCUT2D eigenvalue weighted by Gasteiger charge is -2.09. The van der Waals surface area contributed by atoms with Gasteiger partial charge >= 0.3 is 0 Å². The second-order valence-corrected chi connectivity index (χ2v) is 5.13. The SMILES string of the molecule is Cc1cccc(OCC(=O)N/N=C/c2cccc([N+](=O)[O-])c2)c1C. The number of hydrazone groups is 1. The minimum absolute atomic E-state index is 0.0384. The van der Waals surface area contributed by atoms with Crippen LogP contribution in [0.2, 0.25) is 0 Å². The lowest BCUT2D eigenvalue weighted by atomic mass is 10.1. The van der Waals surface area contributed by atoms with Crippen molar-refractivity contribution in [3.8, 4) is 5.75 Å². The molecule has 7 nitrogen and oxygen atoms in total. The van der Waals surface area contributed by atoms with Crippen molar-refractivity contribution >= 4 is 17.8 Å². The van der Waals surface area contributed by atoms with Crippen LogP contribution in [0.15, 0.2) is 47.6 Å². The van der Waals surface area contributed by atoms with E-state index in [2.05, 4.69) is 10.5 Å². The molecule has 0 saturated heterocycles. The average Bonchev–Trinajstić information content (AvgIpc) is 2.56. The molecule has 24 heavy (non-hydrogen) atoms. The Morgan fingerprint density at radius 2 is 2.04 bits per heavy atom. The standard InChI is InChI=1S/C17H17N3O4/c1-12-5-3-8-16(13(12)2)24-11-17(21)19-18-10-14-6-4-7-15(9-14)20(22)23/h3-10H,11H2,1-2H3,(H,19,21)/b18-10+. The average molecular weight is 327 g/mol. The van der Waals surface area contributed by atoms with E-state index in [9.17, 15) is 14.9 Å². The molecule has 0 aliphatic heterocycles. The van der Waals surface area contributed by atoms with Crippen LogP contribution in [0.3, 0.4) is 0 Å². The van der Waals surface area contributed by atoms with Crippen molar-refractivity contribution in [2.24, 2.45) is 5.10 Å². The summed E-state index contributed by atoms with van der Waals surface area (Å²) in [6, 6.07) is 11.6. The summed E-state index contributed by atoms with van der Waals surface area (Å²) in [5.41, 5.74) is 4.85. The molecule has 0 aromatic heterocycles. The first kappa shape index (κ1) is 17.1. The quantitative estimate of drug-likeness (QED) is 0.501. The summed E-state index contributed by atoms with van der Waals surface area (Å²) in [6.07, 6.45) is 1.34. The van der Waals surface area contributed by atoms with E-state index in [1.165, 1.54) is 18.3 Å². The van der Waals surface area contributed by atoms with Gasteiger partial charge in [-0.1, -0.05) is 24.3 Å². The van der Waals surface area contributed by atoms with Gasteiger partial charge < -0.3 is 4.74 Å². The third-order valence-electron chi connectivity index (χ3n) is 3.40. The van der Waals surface area contributed by atoms with Crippen molar-refractivity contribution < 1.29 is 14.5 Å². The number of carbonyl (C=O) groups is 1. The van der Waals surface area contributed by atoms with Gasteiger partial charge in [-0.15, -0.1) is 0 Å². The zero-order valence-corrected chi connectivity index (χ0v) is 13.4. The van der Waals surface area contributed by atoms with Crippen molar-refractivity contribution in [2.45, 2.75) is 13.8 Å². The fourth-order valence-electron chi connectivity index (χ4n) is 1.95. The van der Waals surface area contributed by atoms with Crippen molar-refractivity contribution in [3.05, 3.63) is 69.3 Å². The van der Waals surface area contributed by atoms with E-state index in [-0.39, 0.29) is 12.3 Å². The predicted octanol–water partition coefficient (Wildman–Crippen LogP) is 2.74. The van der Waals surface area contributed by atoms with Crippen molar-refractivity contribution in [1.82, 2.24) is 5.43 Å². The van der Waals surface area contributed by atoms with Gasteiger partial charge in [0, 0.05) is 17.7 Å². The van der Waals surface area contributed by atoms with Gasteiger partial charge in [0.25, 0.3) is 11.6 Å². The summed E-state index contributed by atoms with van der Waals surface area (Å²) < 4.78 is 5.46. The van der Waals surface area contributed by atoms with Gasteiger partial charge in [-0.2, -0.15) is 5.10 Å². The predicted molar refractivity (Wildman–Crippen MR) is 90.2 cm³/mol. The zero-order valence-electron chi connectivity index (χ0n) is 13.4. The minimum atomic E-state index is -0.492. The van der Waals surface area contributed by atoms with E-state index in [1.807, 2.05) is 26.0 Å². The number of non-ortho nitro benzene ring substituents is 1. The van der Waals surface area contributed by atoms with Gasteiger partial charge in [0.05, 0.1) is 11.1 Å². The van der Waals surface area contributed by atoms with Crippen LogP contribution in [0.1, 0.15) is 16.7 Å². The van der Waals surface area contributed by atoms with E-state index in [0.29, 0.717) is 11.3 Å². The Balaban J connectivity index is 1.88. The molecule has 7 heteroatoms. The highest BCUT2D eigenvalue weighted by molar-refractivity contribution is 5.83. The van der Waals surface area contributed by atoms with Crippen LogP contribution in [0.25, 0.3) is 0 Å². The van der Waals surface area contributed by atoms with Crippen LogP contribution < -0.4 is 10.2 Å². The van der Waals surface area contributed by atoms with Gasteiger partial charge in [0.2, 0.25) is 0 Å². The van der Waals surface area contributed by atoms with Crippen molar-refractivity contribution in [1.29, 1.82) is 0 Å². The number of aryl methyl sites for hydroxylation is 1. The van der Waals surface area contributed by atoms with Crippen LogP contribution in [0.4, 0.5) is 5.69 Å². The number of carbonyl (C=O) groups excluding carboxylic acids is 1. The van der Waals surface area contributed by atoms with Crippen LogP contribution >= 0.6 is 0 Å². The van der Waals surface area contributed by atoms with Crippen molar-refractivity contribution in [3.63, 3.8) is 0 Å². The molecule has 0 fully saturated rings. The molecule has 0 unspecified atom stereocenters. The second-order valence-electron chi connectivity index (χ2n) is 5.13. The summed E-state index contributed by atoms with van der Waals surface area (Å²) >= 11 is 0. The number of nitro benzene ring substituents is 1. The number of nitrogens with one attached hydrogen (secondary N) is 1. The van der Waals surface area contributed by atoms with Crippen LogP contribution in [0.5, 0.6) is 5.75 Å². The Bertz CT molecular complexity index is 787. The molecular weight excluding hydrogens is 310 g/mol. The number of nitrogens with zero attached hydrogens (tertiary/aromatic N) is 2. The first-order valence-corrected chi connectivity index (χ1v) is 7.23. The topological polar surface area (TPSA) is 93.8 Å². The molecule has 1 amide bonds. The molecule has 124 valence electrons. The fourth-order valence-corrected chi connectivity index (χ4v) is 1.95. The van der Waals surface area contributed by atoms with E-state index in [4.69, 9.17) is 4.74 Å². The molecule has 2 aromatic rings. The smallest absolute Gasteiger partial charge is 0.277 e. The number of benzene rings is 2. The first-order valence-electron chi connectivity index (χ1n) is 7.23. The molecule has 0 saturated carbocycles. The maximum Gasteiger partial charge on any atom is 0.277 e. The molecule has 0 radical (unpaired) electrons. The molecule has 0 atom stereocenters. The second kappa shape index (κ2) is 7.87. The first-order chi connectivity index (χ1) is 11.5. The third-order valence-corrected chi connectivity index (χ3v) is 3.40. The maximum absolute atomic E-state index is 11.7. The van der Waals surface area contributed by atoms with Crippen LogP contribution in [-0.2, 0) is 4.79 Å². The Morgan fingerprint density at radius 3 is 2.79 bits per heavy atom. The summed E-state index contributed by atoms with van der Waals surface area (Å²) in [5, 5.41) is 14.4. The number of hydrogen-bond acceptors (Lipinski definition) is 5. The molecule has 1 N–H and O–H groups in total. The normalized spacial score (nSPS) is 10.6. The number of hydrogen-bond donors (Lipinski definition) is 1. The lowest BCUT2D eigenvalue weighted by Crippen LogP contribution is -2.24. The van der Waals surface area contributed by atoms with Gasteiger partial charge in [0.15, 0.2) is 6.61 Å². The molecule has 0 bridgehead atoms. The highest BCUT2D eigenvalue weighted by Crippen LogP contribution is 2.20. The van der Waals surface area contributed by atoms with Gasteiger partial charge in [-0.25, -0.2) is 5.43 Å². The van der Waals surface area contributed by atoms with E-state index in [0.717, 1.165) is 11.1 Å².